The maximum absolute atomic E-state index is 5.31. The number of benzene rings is 8. The van der Waals surface area contributed by atoms with Crippen molar-refractivity contribution < 1.29 is 0 Å². The highest BCUT2D eigenvalue weighted by molar-refractivity contribution is 7.26. The van der Waals surface area contributed by atoms with Crippen molar-refractivity contribution in [2.45, 2.75) is 0 Å². The number of rotatable bonds is 6. The number of thiophene rings is 1. The highest BCUT2D eigenvalue weighted by atomic mass is 32.1. The second-order valence-corrected chi connectivity index (χ2v) is 15.0. The van der Waals surface area contributed by atoms with Gasteiger partial charge in [0.25, 0.3) is 0 Å². The van der Waals surface area contributed by atoms with Gasteiger partial charge in [-0.3, -0.25) is 0 Å². The molecule has 56 heavy (non-hydrogen) atoms. The van der Waals surface area contributed by atoms with E-state index in [2.05, 4.69) is 162 Å². The van der Waals surface area contributed by atoms with Crippen molar-refractivity contribution in [3.8, 4) is 62.1 Å². The van der Waals surface area contributed by atoms with Crippen molar-refractivity contribution in [2.24, 2.45) is 0 Å². The molecule has 4 nitrogen and oxygen atoms in total. The van der Waals surface area contributed by atoms with Gasteiger partial charge in [0, 0.05) is 48.5 Å². The maximum atomic E-state index is 5.31. The molecule has 0 saturated heterocycles. The Bertz CT molecular complexity index is 3180. The van der Waals surface area contributed by atoms with Crippen molar-refractivity contribution in [1.82, 2.24) is 19.5 Å². The highest BCUT2D eigenvalue weighted by Crippen LogP contribution is 2.47. The summed E-state index contributed by atoms with van der Waals surface area (Å²) in [4.78, 5) is 15.7. The third-order valence-electron chi connectivity index (χ3n) is 10.7. The summed E-state index contributed by atoms with van der Waals surface area (Å²) in [5.41, 5.74) is 10.6. The molecule has 0 aliphatic heterocycles. The van der Waals surface area contributed by atoms with Gasteiger partial charge in [-0.2, -0.15) is 0 Å². The predicted octanol–water partition coefficient (Wildman–Crippen LogP) is 13.7. The molecular weight excluding hydrogens is 701 g/mol. The van der Waals surface area contributed by atoms with Gasteiger partial charge in [-0.15, -0.1) is 11.3 Å². The van der Waals surface area contributed by atoms with Crippen LogP contribution in [0.25, 0.3) is 104 Å². The van der Waals surface area contributed by atoms with Crippen molar-refractivity contribution in [3.05, 3.63) is 194 Å². The molecule has 0 aliphatic carbocycles. The summed E-state index contributed by atoms with van der Waals surface area (Å²) < 4.78 is 5.01. The first-order chi connectivity index (χ1) is 27.8. The minimum Gasteiger partial charge on any atom is -0.306 e. The molecule has 0 saturated carbocycles. The van der Waals surface area contributed by atoms with Gasteiger partial charge in [-0.25, -0.2) is 15.0 Å². The van der Waals surface area contributed by atoms with Gasteiger partial charge < -0.3 is 4.57 Å². The molecule has 0 unspecified atom stereocenters. The summed E-state index contributed by atoms with van der Waals surface area (Å²) in [7, 11) is 0. The minimum absolute atomic E-state index is 0.612. The number of aromatic nitrogens is 4. The Morgan fingerprint density at radius 2 is 0.857 bits per heavy atom. The standard InChI is InChI=1S/C51H32N4S/c1-4-17-33(18-5-1)36-23-10-11-24-37(36)40-27-16-28-43(51-53-49(34-19-6-2-7-20-34)52-50(54-51)35-21-8-3-9-22-35)46(40)55-44-29-14-12-25-38(44)41-31-32-42-39-26-13-15-30-45(39)56-48(42)47(41)55/h1-32H. The molecule has 0 atom stereocenters. The Morgan fingerprint density at radius 1 is 0.339 bits per heavy atom. The number of hydrogen-bond acceptors (Lipinski definition) is 4. The van der Waals surface area contributed by atoms with Crippen LogP contribution in [-0.2, 0) is 0 Å². The van der Waals surface area contributed by atoms with E-state index < -0.39 is 0 Å². The van der Waals surface area contributed by atoms with Crippen molar-refractivity contribution >= 4 is 53.3 Å². The molecule has 5 heteroatoms. The molecule has 262 valence electrons. The smallest absolute Gasteiger partial charge is 0.166 e. The summed E-state index contributed by atoms with van der Waals surface area (Å²) in [6.07, 6.45) is 0. The zero-order chi connectivity index (χ0) is 37.0. The minimum atomic E-state index is 0.612. The van der Waals surface area contributed by atoms with E-state index >= 15 is 0 Å². The Balaban J connectivity index is 1.31. The van der Waals surface area contributed by atoms with Gasteiger partial charge in [0.2, 0.25) is 0 Å². The fraction of sp³-hybridized carbons (Fsp3) is 0. The largest absolute Gasteiger partial charge is 0.306 e. The molecule has 0 spiro atoms. The van der Waals surface area contributed by atoms with Crippen LogP contribution in [0.3, 0.4) is 0 Å². The molecule has 11 rings (SSSR count). The van der Waals surface area contributed by atoms with Gasteiger partial charge >= 0.3 is 0 Å². The molecular formula is C51H32N4S. The first-order valence-corrected chi connectivity index (χ1v) is 19.6. The van der Waals surface area contributed by atoms with Crippen LogP contribution in [0.2, 0.25) is 0 Å². The zero-order valence-corrected chi connectivity index (χ0v) is 31.0. The lowest BCUT2D eigenvalue weighted by Crippen LogP contribution is -2.05. The molecule has 0 bridgehead atoms. The van der Waals surface area contributed by atoms with E-state index in [0.29, 0.717) is 17.5 Å². The van der Waals surface area contributed by atoms with Crippen LogP contribution < -0.4 is 0 Å². The Kier molecular flexibility index (Phi) is 7.64. The fourth-order valence-electron chi connectivity index (χ4n) is 8.16. The average molecular weight is 733 g/mol. The lowest BCUT2D eigenvalue weighted by molar-refractivity contribution is 1.07. The molecule has 0 aliphatic rings. The van der Waals surface area contributed by atoms with Crippen LogP contribution in [0.1, 0.15) is 0 Å². The molecule has 11 aromatic rings. The van der Waals surface area contributed by atoms with E-state index in [0.717, 1.165) is 50.1 Å². The Morgan fingerprint density at radius 3 is 1.57 bits per heavy atom. The van der Waals surface area contributed by atoms with Crippen LogP contribution in [0.15, 0.2) is 194 Å². The monoisotopic (exact) mass is 732 g/mol. The molecule has 8 aromatic carbocycles. The highest BCUT2D eigenvalue weighted by Gasteiger charge is 2.25. The summed E-state index contributed by atoms with van der Waals surface area (Å²) in [6.45, 7) is 0. The van der Waals surface area contributed by atoms with E-state index in [4.69, 9.17) is 15.0 Å². The number of nitrogens with zero attached hydrogens (tertiary/aromatic N) is 4. The summed E-state index contributed by atoms with van der Waals surface area (Å²) in [5.74, 6) is 1.87. The third-order valence-corrected chi connectivity index (χ3v) is 11.9. The third kappa shape index (κ3) is 5.24. The van der Waals surface area contributed by atoms with Crippen LogP contribution in [0, 0.1) is 0 Å². The van der Waals surface area contributed by atoms with E-state index in [1.54, 1.807) is 0 Å². The Labute approximate surface area is 327 Å². The molecule has 3 aromatic heterocycles. The second kappa shape index (κ2) is 13.3. The molecule has 0 amide bonds. The number of hydrogen-bond donors (Lipinski definition) is 0. The number of fused-ring (bicyclic) bond motifs is 7. The average Bonchev–Trinajstić information content (AvgIpc) is 3.83. The summed E-state index contributed by atoms with van der Waals surface area (Å²) >= 11 is 1.86. The number of para-hydroxylation sites is 2. The van der Waals surface area contributed by atoms with Crippen LogP contribution in [-0.4, -0.2) is 19.5 Å². The normalized spacial score (nSPS) is 11.6. The van der Waals surface area contributed by atoms with Crippen molar-refractivity contribution in [3.63, 3.8) is 0 Å². The van der Waals surface area contributed by atoms with Crippen LogP contribution >= 0.6 is 11.3 Å². The summed E-state index contributed by atoms with van der Waals surface area (Å²) in [6, 6.07) is 68.5. The molecule has 0 radical (unpaired) electrons. The van der Waals surface area contributed by atoms with E-state index in [1.165, 1.54) is 36.5 Å². The SMILES string of the molecule is c1ccc(-c2nc(-c3ccccc3)nc(-c3cccc(-c4ccccc4-c4ccccc4)c3-n3c4ccccc4c4ccc5c6ccccc6sc5c43)n2)cc1. The molecule has 0 fully saturated rings. The molecule has 3 heterocycles. The van der Waals surface area contributed by atoms with Crippen LogP contribution in [0.5, 0.6) is 0 Å². The fourth-order valence-corrected chi connectivity index (χ4v) is 9.40. The van der Waals surface area contributed by atoms with Gasteiger partial charge in [0.15, 0.2) is 17.5 Å². The van der Waals surface area contributed by atoms with Gasteiger partial charge in [-0.05, 0) is 34.9 Å². The topological polar surface area (TPSA) is 43.6 Å². The van der Waals surface area contributed by atoms with Gasteiger partial charge in [0.05, 0.1) is 21.4 Å². The van der Waals surface area contributed by atoms with Gasteiger partial charge in [-0.1, -0.05) is 176 Å². The Hall–Kier alpha value is -7.21. The van der Waals surface area contributed by atoms with E-state index in [9.17, 15) is 0 Å². The first-order valence-electron chi connectivity index (χ1n) is 18.8. The van der Waals surface area contributed by atoms with E-state index in [-0.39, 0.29) is 0 Å². The van der Waals surface area contributed by atoms with Crippen LogP contribution in [0.4, 0.5) is 0 Å². The predicted molar refractivity (Wildman–Crippen MR) is 234 cm³/mol. The second-order valence-electron chi connectivity index (χ2n) is 13.9. The quantitative estimate of drug-likeness (QED) is 0.171. The van der Waals surface area contributed by atoms with Crippen molar-refractivity contribution in [1.29, 1.82) is 0 Å². The molecule has 0 N–H and O–H groups in total. The first kappa shape index (κ1) is 32.2. The maximum Gasteiger partial charge on any atom is 0.166 e. The zero-order valence-electron chi connectivity index (χ0n) is 30.2. The summed E-state index contributed by atoms with van der Waals surface area (Å²) in [5, 5.41) is 4.93. The lowest BCUT2D eigenvalue weighted by atomic mass is 9.91. The van der Waals surface area contributed by atoms with E-state index in [1.807, 2.05) is 47.7 Å². The lowest BCUT2D eigenvalue weighted by Gasteiger charge is -2.20. The van der Waals surface area contributed by atoms with Crippen molar-refractivity contribution in [2.75, 3.05) is 0 Å². The van der Waals surface area contributed by atoms with Gasteiger partial charge in [0.1, 0.15) is 0 Å².